The monoisotopic (exact) mass is 369 g/mol. The van der Waals surface area contributed by atoms with Crippen LogP contribution in [0.15, 0.2) is 54.6 Å². The van der Waals surface area contributed by atoms with Crippen molar-refractivity contribution in [2.45, 2.75) is 19.9 Å². The summed E-state index contributed by atoms with van der Waals surface area (Å²) in [7, 11) is 1.59. The van der Waals surface area contributed by atoms with Gasteiger partial charge < -0.3 is 14.8 Å². The number of hydrogen-bond acceptors (Lipinski definition) is 3. The van der Waals surface area contributed by atoms with E-state index in [2.05, 4.69) is 11.4 Å². The smallest absolute Gasteiger partial charge is 0.217 e. The lowest BCUT2D eigenvalue weighted by Gasteiger charge is -2.14. The van der Waals surface area contributed by atoms with E-state index in [0.717, 1.165) is 16.3 Å². The summed E-state index contributed by atoms with van der Waals surface area (Å²) in [6.07, 6.45) is 0. The molecule has 3 rings (SSSR count). The van der Waals surface area contributed by atoms with Crippen molar-refractivity contribution in [2.75, 3.05) is 7.11 Å². The summed E-state index contributed by atoms with van der Waals surface area (Å²) in [5.74, 6) is 1.91. The van der Waals surface area contributed by atoms with Gasteiger partial charge in [0.05, 0.1) is 18.2 Å². The summed E-state index contributed by atoms with van der Waals surface area (Å²) in [4.78, 5) is 11.2. The van der Waals surface area contributed by atoms with Crippen LogP contribution in [0.25, 0.3) is 10.8 Å². The molecular weight excluding hydrogens is 350 g/mol. The first-order valence-corrected chi connectivity index (χ1v) is 8.66. The topological polar surface area (TPSA) is 47.6 Å². The first-order valence-electron chi connectivity index (χ1n) is 8.28. The number of ether oxygens (including phenoxy) is 2. The van der Waals surface area contributed by atoms with Crippen molar-refractivity contribution in [3.63, 3.8) is 0 Å². The molecule has 0 heterocycles. The van der Waals surface area contributed by atoms with Crippen LogP contribution in [-0.2, 0) is 4.79 Å². The van der Waals surface area contributed by atoms with Crippen LogP contribution in [0.2, 0.25) is 5.02 Å². The summed E-state index contributed by atoms with van der Waals surface area (Å²) in [6, 6.07) is 17.2. The van der Waals surface area contributed by atoms with Crippen LogP contribution in [0.1, 0.15) is 25.5 Å². The van der Waals surface area contributed by atoms with E-state index in [9.17, 15) is 4.79 Å². The normalized spacial score (nSPS) is 11.8. The predicted molar refractivity (Wildman–Crippen MR) is 104 cm³/mol. The average Bonchev–Trinajstić information content (AvgIpc) is 2.62. The van der Waals surface area contributed by atoms with Crippen LogP contribution in [0, 0.1) is 0 Å². The highest BCUT2D eigenvalue weighted by Gasteiger charge is 2.09. The van der Waals surface area contributed by atoms with Gasteiger partial charge in [0, 0.05) is 13.0 Å². The molecule has 3 aromatic carbocycles. The number of rotatable bonds is 5. The fourth-order valence-electron chi connectivity index (χ4n) is 2.78. The highest BCUT2D eigenvalue weighted by Crippen LogP contribution is 2.33. The number of nitrogens with one attached hydrogen (secondary N) is 1. The molecule has 1 N–H and O–H groups in total. The summed E-state index contributed by atoms with van der Waals surface area (Å²) >= 11 is 6.23. The third kappa shape index (κ3) is 4.09. The van der Waals surface area contributed by atoms with Gasteiger partial charge >= 0.3 is 0 Å². The number of halogens is 1. The molecule has 1 atom stereocenters. The van der Waals surface area contributed by atoms with E-state index in [1.54, 1.807) is 25.3 Å². The molecule has 134 valence electrons. The van der Waals surface area contributed by atoms with E-state index in [-0.39, 0.29) is 11.9 Å². The van der Waals surface area contributed by atoms with Crippen LogP contribution < -0.4 is 14.8 Å². The lowest BCUT2D eigenvalue weighted by Crippen LogP contribution is -2.23. The van der Waals surface area contributed by atoms with E-state index in [4.69, 9.17) is 21.1 Å². The van der Waals surface area contributed by atoms with Crippen molar-refractivity contribution in [3.8, 4) is 17.2 Å². The maximum Gasteiger partial charge on any atom is 0.217 e. The van der Waals surface area contributed by atoms with Gasteiger partial charge in [0.25, 0.3) is 0 Å². The minimum absolute atomic E-state index is 0.0362. The van der Waals surface area contributed by atoms with Crippen molar-refractivity contribution in [1.82, 2.24) is 5.32 Å². The Morgan fingerprint density at radius 3 is 2.38 bits per heavy atom. The van der Waals surface area contributed by atoms with E-state index < -0.39 is 0 Å². The Labute approximate surface area is 157 Å². The van der Waals surface area contributed by atoms with E-state index in [1.807, 2.05) is 37.3 Å². The number of methoxy groups -OCH3 is 1. The van der Waals surface area contributed by atoms with Gasteiger partial charge in [-0.25, -0.2) is 0 Å². The third-order valence-corrected chi connectivity index (χ3v) is 4.42. The number of benzene rings is 3. The molecule has 0 fully saturated rings. The zero-order valence-electron chi connectivity index (χ0n) is 14.9. The average molecular weight is 370 g/mol. The molecule has 26 heavy (non-hydrogen) atoms. The Morgan fingerprint density at radius 2 is 1.69 bits per heavy atom. The minimum Gasteiger partial charge on any atom is -0.497 e. The fraction of sp³-hybridized carbons (Fsp3) is 0.190. The second-order valence-electron chi connectivity index (χ2n) is 6.09. The summed E-state index contributed by atoms with van der Waals surface area (Å²) in [6.45, 7) is 3.48. The highest BCUT2D eigenvalue weighted by atomic mass is 35.5. The highest BCUT2D eigenvalue weighted by molar-refractivity contribution is 6.32. The summed E-state index contributed by atoms with van der Waals surface area (Å²) < 4.78 is 11.0. The Kier molecular flexibility index (Phi) is 5.33. The van der Waals surface area contributed by atoms with Crippen molar-refractivity contribution in [2.24, 2.45) is 0 Å². The Hall–Kier alpha value is -2.72. The van der Waals surface area contributed by atoms with Gasteiger partial charge in [-0.05, 0) is 53.6 Å². The Balaban J connectivity index is 1.84. The molecule has 3 aromatic rings. The van der Waals surface area contributed by atoms with Crippen molar-refractivity contribution >= 4 is 28.3 Å². The van der Waals surface area contributed by atoms with Gasteiger partial charge in [-0.15, -0.1) is 0 Å². The maximum atomic E-state index is 11.2. The van der Waals surface area contributed by atoms with Gasteiger partial charge in [0.15, 0.2) is 0 Å². The SMILES string of the molecule is COc1ccc(Oc2ccc3cc(C(C)NC(C)=O)ccc3c2)c(Cl)c1. The van der Waals surface area contributed by atoms with Crippen molar-refractivity contribution < 1.29 is 14.3 Å². The van der Waals surface area contributed by atoms with E-state index in [1.165, 1.54) is 6.92 Å². The van der Waals surface area contributed by atoms with Crippen LogP contribution in [-0.4, -0.2) is 13.0 Å². The molecule has 0 aliphatic carbocycles. The van der Waals surface area contributed by atoms with E-state index in [0.29, 0.717) is 22.3 Å². The first-order chi connectivity index (χ1) is 12.5. The molecule has 5 heteroatoms. The number of carbonyl (C=O) groups is 1. The van der Waals surface area contributed by atoms with E-state index >= 15 is 0 Å². The van der Waals surface area contributed by atoms with Gasteiger partial charge in [0.2, 0.25) is 5.91 Å². The Morgan fingerprint density at radius 1 is 1.00 bits per heavy atom. The van der Waals surface area contributed by atoms with Crippen molar-refractivity contribution in [3.05, 3.63) is 65.2 Å². The number of hydrogen-bond donors (Lipinski definition) is 1. The van der Waals surface area contributed by atoms with Gasteiger partial charge in [-0.2, -0.15) is 0 Å². The zero-order valence-corrected chi connectivity index (χ0v) is 15.6. The standard InChI is InChI=1S/C21H20ClNO3/c1-13(23-14(2)24)15-4-5-17-11-19(7-6-16(17)10-15)26-21-9-8-18(25-3)12-20(21)22/h4-13H,1-3H3,(H,23,24). The number of fused-ring (bicyclic) bond motifs is 1. The molecule has 0 radical (unpaired) electrons. The van der Waals surface area contributed by atoms with Crippen LogP contribution in [0.3, 0.4) is 0 Å². The Bertz CT molecular complexity index is 955. The molecule has 0 aliphatic heterocycles. The largest absolute Gasteiger partial charge is 0.497 e. The summed E-state index contributed by atoms with van der Waals surface area (Å²) in [5.41, 5.74) is 1.06. The molecule has 4 nitrogen and oxygen atoms in total. The second-order valence-corrected chi connectivity index (χ2v) is 6.50. The molecule has 0 spiro atoms. The fourth-order valence-corrected chi connectivity index (χ4v) is 2.99. The predicted octanol–water partition coefficient (Wildman–Crippen LogP) is 5.49. The molecule has 1 amide bonds. The van der Waals surface area contributed by atoms with Gasteiger partial charge in [-0.3, -0.25) is 4.79 Å². The molecule has 0 saturated heterocycles. The number of amides is 1. The maximum absolute atomic E-state index is 11.2. The molecule has 0 saturated carbocycles. The molecule has 1 unspecified atom stereocenters. The molecule has 0 bridgehead atoms. The quantitative estimate of drug-likeness (QED) is 0.646. The van der Waals surface area contributed by atoms with Crippen LogP contribution >= 0.6 is 11.6 Å². The molecule has 0 aliphatic rings. The van der Waals surface area contributed by atoms with Gasteiger partial charge in [-0.1, -0.05) is 29.8 Å². The zero-order chi connectivity index (χ0) is 18.7. The number of carbonyl (C=O) groups excluding carboxylic acids is 1. The summed E-state index contributed by atoms with van der Waals surface area (Å²) in [5, 5.41) is 5.51. The van der Waals surface area contributed by atoms with Crippen LogP contribution in [0.4, 0.5) is 0 Å². The van der Waals surface area contributed by atoms with Crippen molar-refractivity contribution in [1.29, 1.82) is 0 Å². The lowest BCUT2D eigenvalue weighted by atomic mass is 10.0. The van der Waals surface area contributed by atoms with Crippen LogP contribution in [0.5, 0.6) is 17.2 Å². The minimum atomic E-state index is -0.0438. The van der Waals surface area contributed by atoms with Gasteiger partial charge in [0.1, 0.15) is 17.2 Å². The first kappa shape index (κ1) is 18.1. The second kappa shape index (κ2) is 7.67. The molecular formula is C21H20ClNO3. The lowest BCUT2D eigenvalue weighted by molar-refractivity contribution is -0.119. The third-order valence-electron chi connectivity index (χ3n) is 4.12. The molecule has 0 aromatic heterocycles.